The quantitative estimate of drug-likeness (QED) is 0.451. The normalized spacial score (nSPS) is 10.7. The van der Waals surface area contributed by atoms with Gasteiger partial charge in [-0.3, -0.25) is 0 Å². The molecule has 0 atom stereocenters. The van der Waals surface area contributed by atoms with E-state index in [4.69, 9.17) is 16.3 Å². The summed E-state index contributed by atoms with van der Waals surface area (Å²) in [6.45, 7) is 2.68. The highest BCUT2D eigenvalue weighted by molar-refractivity contribution is 9.10. The van der Waals surface area contributed by atoms with Crippen molar-refractivity contribution in [1.82, 2.24) is 0 Å². The minimum absolute atomic E-state index is 0.690. The molecule has 2 aromatic carbocycles. The van der Waals surface area contributed by atoms with Crippen LogP contribution in [0.5, 0.6) is 5.75 Å². The van der Waals surface area contributed by atoms with Crippen molar-refractivity contribution < 1.29 is 4.74 Å². The van der Waals surface area contributed by atoms with Gasteiger partial charge in [0.1, 0.15) is 5.75 Å². The summed E-state index contributed by atoms with van der Waals surface area (Å²) in [6, 6.07) is 18.6. The van der Waals surface area contributed by atoms with Crippen LogP contribution in [0.1, 0.15) is 17.4 Å². The fourth-order valence-corrected chi connectivity index (χ4v) is 4.01. The largest absolute Gasteiger partial charge is 0.494 e. The number of benzene rings is 2. The first-order chi connectivity index (χ1) is 11.2. The van der Waals surface area contributed by atoms with Crippen molar-refractivity contribution in [2.24, 2.45) is 0 Å². The predicted octanol–water partition coefficient (Wildman–Crippen LogP) is 6.82. The molecule has 0 radical (unpaired) electrons. The van der Waals surface area contributed by atoms with Crippen LogP contribution in [0.25, 0.3) is 10.4 Å². The monoisotopic (exact) mass is 406 g/mol. The number of rotatable bonds is 5. The molecule has 1 aromatic heterocycles. The van der Waals surface area contributed by atoms with Crippen molar-refractivity contribution in [3.8, 4) is 16.2 Å². The van der Waals surface area contributed by atoms with Crippen LogP contribution in [0.3, 0.4) is 0 Å². The summed E-state index contributed by atoms with van der Waals surface area (Å²) >= 11 is 11.6. The Morgan fingerprint density at radius 1 is 1.04 bits per heavy atom. The molecule has 3 aromatic rings. The Balaban J connectivity index is 1.78. The maximum atomic E-state index is 6.29. The zero-order chi connectivity index (χ0) is 16.2. The van der Waals surface area contributed by atoms with Gasteiger partial charge in [-0.15, -0.1) is 11.3 Å². The molecule has 0 saturated heterocycles. The third-order valence-electron chi connectivity index (χ3n) is 3.48. The molecule has 0 amide bonds. The molecular formula is C19H16BrClOS. The standard InChI is InChI=1S/C19H16BrClOS/c1-2-22-16-6-3-13(4-7-16)19-10-8-17(23-19)12-14-11-15(20)5-9-18(14)21/h3-11H,2,12H2,1H3. The van der Waals surface area contributed by atoms with E-state index in [-0.39, 0.29) is 0 Å². The molecule has 0 aliphatic rings. The van der Waals surface area contributed by atoms with Crippen molar-refractivity contribution in [3.63, 3.8) is 0 Å². The highest BCUT2D eigenvalue weighted by atomic mass is 79.9. The van der Waals surface area contributed by atoms with E-state index in [1.165, 1.54) is 15.3 Å². The molecule has 23 heavy (non-hydrogen) atoms. The predicted molar refractivity (Wildman–Crippen MR) is 103 cm³/mol. The molecule has 1 nitrogen and oxygen atoms in total. The molecule has 0 aliphatic carbocycles. The fourth-order valence-electron chi connectivity index (χ4n) is 2.38. The van der Waals surface area contributed by atoms with Crippen molar-refractivity contribution in [2.75, 3.05) is 6.61 Å². The first-order valence-electron chi connectivity index (χ1n) is 7.41. The molecule has 0 spiro atoms. The Kier molecular flexibility index (Phi) is 5.42. The van der Waals surface area contributed by atoms with Gasteiger partial charge in [0.05, 0.1) is 6.61 Å². The Bertz CT molecular complexity index is 795. The summed E-state index contributed by atoms with van der Waals surface area (Å²) in [5.74, 6) is 0.911. The Morgan fingerprint density at radius 3 is 2.57 bits per heavy atom. The van der Waals surface area contributed by atoms with E-state index in [0.29, 0.717) is 6.61 Å². The van der Waals surface area contributed by atoms with E-state index in [1.54, 1.807) is 11.3 Å². The van der Waals surface area contributed by atoms with Crippen LogP contribution in [0, 0.1) is 0 Å². The lowest BCUT2D eigenvalue weighted by Crippen LogP contribution is -1.90. The van der Waals surface area contributed by atoms with Gasteiger partial charge in [-0.2, -0.15) is 0 Å². The highest BCUT2D eigenvalue weighted by Crippen LogP contribution is 2.32. The molecular weight excluding hydrogens is 392 g/mol. The molecule has 0 unspecified atom stereocenters. The third-order valence-corrected chi connectivity index (χ3v) is 5.48. The number of hydrogen-bond acceptors (Lipinski definition) is 2. The molecule has 0 saturated carbocycles. The van der Waals surface area contributed by atoms with Gasteiger partial charge in [-0.05, 0) is 72.6 Å². The maximum absolute atomic E-state index is 6.29. The molecule has 118 valence electrons. The second-order valence-electron chi connectivity index (χ2n) is 5.14. The van der Waals surface area contributed by atoms with Crippen LogP contribution < -0.4 is 4.74 Å². The summed E-state index contributed by atoms with van der Waals surface area (Å²) in [4.78, 5) is 2.56. The topological polar surface area (TPSA) is 9.23 Å². The first kappa shape index (κ1) is 16.6. The molecule has 0 N–H and O–H groups in total. The molecule has 0 aliphatic heterocycles. The van der Waals surface area contributed by atoms with Gasteiger partial charge in [0.25, 0.3) is 0 Å². The van der Waals surface area contributed by atoms with Gasteiger partial charge in [0.15, 0.2) is 0 Å². The molecule has 3 rings (SSSR count). The van der Waals surface area contributed by atoms with Gasteiger partial charge in [0.2, 0.25) is 0 Å². The van der Waals surface area contributed by atoms with E-state index in [0.717, 1.165) is 27.2 Å². The Morgan fingerprint density at radius 2 is 1.83 bits per heavy atom. The third kappa shape index (κ3) is 4.17. The van der Waals surface area contributed by atoms with Crippen molar-refractivity contribution >= 4 is 38.9 Å². The van der Waals surface area contributed by atoms with E-state index in [2.05, 4.69) is 46.3 Å². The number of hydrogen-bond donors (Lipinski definition) is 0. The van der Waals surface area contributed by atoms with Crippen molar-refractivity contribution in [3.05, 3.63) is 74.5 Å². The van der Waals surface area contributed by atoms with Gasteiger partial charge in [-0.1, -0.05) is 27.5 Å². The van der Waals surface area contributed by atoms with Crippen LogP contribution in [-0.4, -0.2) is 6.61 Å². The summed E-state index contributed by atoms with van der Waals surface area (Å²) in [5, 5.41) is 0.809. The lowest BCUT2D eigenvalue weighted by Gasteiger charge is -2.04. The summed E-state index contributed by atoms with van der Waals surface area (Å²) in [7, 11) is 0. The molecule has 4 heteroatoms. The minimum atomic E-state index is 0.690. The SMILES string of the molecule is CCOc1ccc(-c2ccc(Cc3cc(Br)ccc3Cl)s2)cc1. The fraction of sp³-hybridized carbons (Fsp3) is 0.158. The number of thiophene rings is 1. The second kappa shape index (κ2) is 7.52. The second-order valence-corrected chi connectivity index (χ2v) is 7.63. The zero-order valence-corrected chi connectivity index (χ0v) is 15.8. The zero-order valence-electron chi connectivity index (χ0n) is 12.7. The summed E-state index contributed by atoms with van der Waals surface area (Å²) in [6.07, 6.45) is 0.847. The Labute approximate surface area is 154 Å². The summed E-state index contributed by atoms with van der Waals surface area (Å²) in [5.41, 5.74) is 2.35. The van der Waals surface area contributed by atoms with Gasteiger partial charge in [-0.25, -0.2) is 0 Å². The smallest absolute Gasteiger partial charge is 0.119 e. The van der Waals surface area contributed by atoms with Gasteiger partial charge in [0, 0.05) is 25.7 Å². The van der Waals surface area contributed by atoms with E-state index >= 15 is 0 Å². The number of ether oxygens (including phenoxy) is 1. The van der Waals surface area contributed by atoms with Crippen molar-refractivity contribution in [1.29, 1.82) is 0 Å². The molecule has 1 heterocycles. The lowest BCUT2D eigenvalue weighted by molar-refractivity contribution is 0.340. The van der Waals surface area contributed by atoms with Crippen LogP contribution in [0.4, 0.5) is 0 Å². The summed E-state index contributed by atoms with van der Waals surface area (Å²) < 4.78 is 6.55. The first-order valence-corrected chi connectivity index (χ1v) is 9.40. The maximum Gasteiger partial charge on any atom is 0.119 e. The van der Waals surface area contributed by atoms with Crippen LogP contribution in [0.2, 0.25) is 5.02 Å². The van der Waals surface area contributed by atoms with Crippen molar-refractivity contribution in [2.45, 2.75) is 13.3 Å². The van der Waals surface area contributed by atoms with Crippen LogP contribution in [0.15, 0.2) is 59.1 Å². The van der Waals surface area contributed by atoms with E-state index in [9.17, 15) is 0 Å². The van der Waals surface area contributed by atoms with E-state index in [1.807, 2.05) is 31.2 Å². The highest BCUT2D eigenvalue weighted by Gasteiger charge is 2.07. The van der Waals surface area contributed by atoms with Gasteiger partial charge < -0.3 is 4.74 Å². The number of halogens is 2. The van der Waals surface area contributed by atoms with Gasteiger partial charge >= 0.3 is 0 Å². The van der Waals surface area contributed by atoms with Crippen LogP contribution in [-0.2, 0) is 6.42 Å². The minimum Gasteiger partial charge on any atom is -0.494 e. The average Bonchev–Trinajstić information content (AvgIpc) is 3.01. The molecule has 0 fully saturated rings. The average molecular weight is 408 g/mol. The lowest BCUT2D eigenvalue weighted by atomic mass is 10.1. The van der Waals surface area contributed by atoms with Crippen LogP contribution >= 0.6 is 38.9 Å². The Hall–Kier alpha value is -1.29. The van der Waals surface area contributed by atoms with E-state index < -0.39 is 0 Å². The molecule has 0 bridgehead atoms.